The van der Waals surface area contributed by atoms with E-state index in [9.17, 15) is 0 Å². The molecule has 0 amide bonds. The summed E-state index contributed by atoms with van der Waals surface area (Å²) < 4.78 is 1.08. The molecule has 0 aliphatic rings. The number of nitrogens with two attached hydrogens (primary N) is 1. The summed E-state index contributed by atoms with van der Waals surface area (Å²) in [5.41, 5.74) is 8.60. The van der Waals surface area contributed by atoms with Crippen LogP contribution in [0.1, 0.15) is 11.3 Å². The smallest absolute Gasteiger partial charge is 0.229 e. The Balaban J connectivity index is 0.00000162. The van der Waals surface area contributed by atoms with E-state index in [0.717, 1.165) is 21.4 Å². The maximum atomic E-state index is 5.67. The zero-order chi connectivity index (χ0) is 12.4. The molecule has 0 spiro atoms. The van der Waals surface area contributed by atoms with Gasteiger partial charge in [-0.25, -0.2) is 4.98 Å². The Morgan fingerprint density at radius 2 is 1.89 bits per heavy atom. The first-order chi connectivity index (χ1) is 8.04. The number of hydrogen-bond donors (Lipinski definition) is 2. The van der Waals surface area contributed by atoms with Crippen LogP contribution in [0.15, 0.2) is 28.7 Å². The second-order valence-corrected chi connectivity index (χ2v) is 4.70. The van der Waals surface area contributed by atoms with E-state index in [-0.39, 0.29) is 12.4 Å². The molecule has 0 saturated carbocycles. The molecule has 0 bridgehead atoms. The Hall–Kier alpha value is -1.33. The van der Waals surface area contributed by atoms with Crippen molar-refractivity contribution in [3.8, 4) is 0 Å². The first kappa shape index (κ1) is 14.7. The van der Waals surface area contributed by atoms with Crippen LogP contribution < -0.4 is 11.1 Å². The van der Waals surface area contributed by atoms with Gasteiger partial charge < -0.3 is 11.1 Å². The third-order valence-electron chi connectivity index (χ3n) is 2.29. The van der Waals surface area contributed by atoms with Crippen molar-refractivity contribution in [1.82, 2.24) is 9.97 Å². The van der Waals surface area contributed by atoms with E-state index in [4.69, 9.17) is 5.73 Å². The number of aromatic nitrogens is 2. The number of anilines is 3. The normalized spacial score (nSPS) is 9.72. The zero-order valence-corrected chi connectivity index (χ0v) is 12.5. The van der Waals surface area contributed by atoms with E-state index in [2.05, 4.69) is 31.2 Å². The Kier molecular flexibility index (Phi) is 4.93. The van der Waals surface area contributed by atoms with Gasteiger partial charge in [0.1, 0.15) is 5.82 Å². The monoisotopic (exact) mass is 328 g/mol. The number of benzene rings is 1. The minimum Gasteiger partial charge on any atom is -0.384 e. The van der Waals surface area contributed by atoms with Crippen molar-refractivity contribution < 1.29 is 0 Å². The molecule has 96 valence electrons. The molecule has 1 heterocycles. The van der Waals surface area contributed by atoms with Crippen LogP contribution >= 0.6 is 28.3 Å². The highest BCUT2D eigenvalue weighted by Gasteiger charge is 2.02. The van der Waals surface area contributed by atoms with E-state index in [0.29, 0.717) is 11.8 Å². The van der Waals surface area contributed by atoms with Crippen molar-refractivity contribution in [2.24, 2.45) is 0 Å². The molecule has 0 radical (unpaired) electrons. The van der Waals surface area contributed by atoms with Crippen LogP contribution in [0.2, 0.25) is 0 Å². The zero-order valence-electron chi connectivity index (χ0n) is 10.1. The Morgan fingerprint density at radius 1 is 1.17 bits per heavy atom. The lowest BCUT2D eigenvalue weighted by Crippen LogP contribution is -2.01. The minimum atomic E-state index is 0. The largest absolute Gasteiger partial charge is 0.384 e. The first-order valence-electron chi connectivity index (χ1n) is 5.19. The third kappa shape index (κ3) is 3.58. The van der Waals surface area contributed by atoms with Gasteiger partial charge in [0.05, 0.1) is 0 Å². The Bertz CT molecular complexity index is 540. The van der Waals surface area contributed by atoms with Crippen LogP contribution in [0, 0.1) is 13.8 Å². The number of rotatable bonds is 2. The Morgan fingerprint density at radius 3 is 2.50 bits per heavy atom. The van der Waals surface area contributed by atoms with Gasteiger partial charge >= 0.3 is 0 Å². The highest BCUT2D eigenvalue weighted by molar-refractivity contribution is 9.10. The van der Waals surface area contributed by atoms with Gasteiger partial charge in [0.2, 0.25) is 5.95 Å². The number of hydrogen-bond acceptors (Lipinski definition) is 4. The van der Waals surface area contributed by atoms with Crippen LogP contribution in [0.5, 0.6) is 0 Å². The van der Waals surface area contributed by atoms with Gasteiger partial charge in [-0.15, -0.1) is 12.4 Å². The van der Waals surface area contributed by atoms with Gasteiger partial charge in [0.25, 0.3) is 0 Å². The summed E-state index contributed by atoms with van der Waals surface area (Å²) in [4.78, 5) is 8.39. The second-order valence-electron chi connectivity index (χ2n) is 3.85. The highest BCUT2D eigenvalue weighted by Crippen LogP contribution is 2.22. The molecule has 18 heavy (non-hydrogen) atoms. The standard InChI is InChI=1S/C12H13BrN4.ClH/c1-7-5-9(3-4-10(7)13)16-12-15-8(2)6-11(14)17-12;/h3-6H,1-2H3,(H3,14,15,16,17);1H. The van der Waals surface area contributed by atoms with Crippen LogP contribution in [0.4, 0.5) is 17.5 Å². The van der Waals surface area contributed by atoms with Crippen LogP contribution in [0.25, 0.3) is 0 Å². The molecule has 2 rings (SSSR count). The molecule has 1 aromatic carbocycles. The molecule has 2 aromatic rings. The SMILES string of the molecule is Cc1cc(N)nc(Nc2ccc(Br)c(C)c2)n1.Cl. The van der Waals surface area contributed by atoms with Crippen LogP contribution in [-0.4, -0.2) is 9.97 Å². The van der Waals surface area contributed by atoms with E-state index in [1.807, 2.05) is 32.0 Å². The highest BCUT2D eigenvalue weighted by atomic mass is 79.9. The maximum Gasteiger partial charge on any atom is 0.229 e. The summed E-state index contributed by atoms with van der Waals surface area (Å²) in [6, 6.07) is 7.69. The molecule has 0 saturated heterocycles. The maximum absolute atomic E-state index is 5.67. The molecule has 1 aromatic heterocycles. The molecule has 0 aliphatic carbocycles. The molecule has 0 unspecified atom stereocenters. The molecule has 0 fully saturated rings. The van der Waals surface area contributed by atoms with E-state index < -0.39 is 0 Å². The lowest BCUT2D eigenvalue weighted by atomic mass is 10.2. The summed E-state index contributed by atoms with van der Waals surface area (Å²) >= 11 is 3.46. The fourth-order valence-electron chi connectivity index (χ4n) is 1.50. The van der Waals surface area contributed by atoms with E-state index in [1.165, 1.54) is 0 Å². The van der Waals surface area contributed by atoms with Crippen LogP contribution in [-0.2, 0) is 0 Å². The van der Waals surface area contributed by atoms with Gasteiger partial charge in [-0.1, -0.05) is 15.9 Å². The summed E-state index contributed by atoms with van der Waals surface area (Å²) in [6.45, 7) is 3.91. The fraction of sp³-hybridized carbons (Fsp3) is 0.167. The molecule has 0 aliphatic heterocycles. The quantitative estimate of drug-likeness (QED) is 0.883. The molecular formula is C12H14BrClN4. The van der Waals surface area contributed by atoms with Crippen molar-refractivity contribution in [1.29, 1.82) is 0 Å². The predicted octanol–water partition coefficient (Wildman–Crippen LogP) is 3.60. The molecule has 6 heteroatoms. The second kappa shape index (κ2) is 6.02. The molecule has 3 N–H and O–H groups in total. The third-order valence-corrected chi connectivity index (χ3v) is 3.18. The number of nitrogens with one attached hydrogen (secondary N) is 1. The number of nitrogens with zero attached hydrogens (tertiary/aromatic N) is 2. The summed E-state index contributed by atoms with van der Waals surface area (Å²) in [7, 11) is 0. The van der Waals surface area contributed by atoms with Crippen molar-refractivity contribution in [3.63, 3.8) is 0 Å². The topological polar surface area (TPSA) is 63.8 Å². The van der Waals surface area contributed by atoms with Crippen molar-refractivity contribution in [2.45, 2.75) is 13.8 Å². The molecular weight excluding hydrogens is 316 g/mol. The van der Waals surface area contributed by atoms with Gasteiger partial charge in [-0.3, -0.25) is 0 Å². The molecule has 0 atom stereocenters. The van der Waals surface area contributed by atoms with Gasteiger partial charge in [-0.05, 0) is 37.6 Å². The van der Waals surface area contributed by atoms with Crippen LogP contribution in [0.3, 0.4) is 0 Å². The predicted molar refractivity (Wildman–Crippen MR) is 80.6 cm³/mol. The lowest BCUT2D eigenvalue weighted by molar-refractivity contribution is 1.11. The Labute approximate surface area is 121 Å². The van der Waals surface area contributed by atoms with E-state index in [1.54, 1.807) is 6.07 Å². The number of aryl methyl sites for hydroxylation is 2. The lowest BCUT2D eigenvalue weighted by Gasteiger charge is -2.07. The first-order valence-corrected chi connectivity index (χ1v) is 5.98. The molecule has 4 nitrogen and oxygen atoms in total. The number of nitrogen functional groups attached to an aromatic ring is 1. The van der Waals surface area contributed by atoms with Crippen molar-refractivity contribution >= 4 is 45.8 Å². The summed E-state index contributed by atoms with van der Waals surface area (Å²) in [6.07, 6.45) is 0. The van der Waals surface area contributed by atoms with Gasteiger partial charge in [0, 0.05) is 21.9 Å². The number of halogens is 2. The summed E-state index contributed by atoms with van der Waals surface area (Å²) in [5, 5.41) is 3.13. The average Bonchev–Trinajstić information content (AvgIpc) is 2.22. The van der Waals surface area contributed by atoms with Gasteiger partial charge in [-0.2, -0.15) is 4.98 Å². The summed E-state index contributed by atoms with van der Waals surface area (Å²) in [5.74, 6) is 0.984. The minimum absolute atomic E-state index is 0. The van der Waals surface area contributed by atoms with Crippen molar-refractivity contribution in [2.75, 3.05) is 11.1 Å². The van der Waals surface area contributed by atoms with E-state index >= 15 is 0 Å². The van der Waals surface area contributed by atoms with Crippen molar-refractivity contribution in [3.05, 3.63) is 40.0 Å². The average molecular weight is 330 g/mol. The van der Waals surface area contributed by atoms with Gasteiger partial charge in [0.15, 0.2) is 0 Å². The fourth-order valence-corrected chi connectivity index (χ4v) is 1.75.